The van der Waals surface area contributed by atoms with E-state index in [1.54, 1.807) is 0 Å². The van der Waals surface area contributed by atoms with E-state index in [2.05, 4.69) is 31.1 Å². The minimum atomic E-state index is 0.769. The van der Waals surface area contributed by atoms with Gasteiger partial charge in [-0.25, -0.2) is 4.68 Å². The largest absolute Gasteiger partial charge is 0.245 e. The standard InChI is InChI=1S/C13H23N3/c1-5-7-13-10-14-15-16(13)9-6-8-12(4)11(2)3/h5,7,10-12H,6,8-9H2,1-4H3/b7-5+. The quantitative estimate of drug-likeness (QED) is 0.737. The van der Waals surface area contributed by atoms with Crippen molar-refractivity contribution in [2.24, 2.45) is 11.8 Å². The van der Waals surface area contributed by atoms with Crippen LogP contribution in [0.4, 0.5) is 0 Å². The fourth-order valence-corrected chi connectivity index (χ4v) is 1.64. The molecule has 0 spiro atoms. The molecule has 0 aliphatic carbocycles. The zero-order valence-corrected chi connectivity index (χ0v) is 10.8. The Bertz CT molecular complexity index is 326. The van der Waals surface area contributed by atoms with Gasteiger partial charge in [0, 0.05) is 6.54 Å². The fraction of sp³-hybridized carbons (Fsp3) is 0.692. The highest BCUT2D eigenvalue weighted by molar-refractivity contribution is 5.42. The Morgan fingerprint density at radius 3 is 2.75 bits per heavy atom. The third-order valence-corrected chi connectivity index (χ3v) is 3.15. The van der Waals surface area contributed by atoms with Crippen LogP contribution in [0.5, 0.6) is 0 Å². The van der Waals surface area contributed by atoms with E-state index < -0.39 is 0 Å². The van der Waals surface area contributed by atoms with Crippen molar-refractivity contribution in [3.63, 3.8) is 0 Å². The zero-order chi connectivity index (χ0) is 12.0. The third-order valence-electron chi connectivity index (χ3n) is 3.15. The molecular weight excluding hydrogens is 198 g/mol. The highest BCUT2D eigenvalue weighted by atomic mass is 15.4. The van der Waals surface area contributed by atoms with E-state index in [1.807, 2.05) is 30.0 Å². The minimum absolute atomic E-state index is 0.769. The molecule has 16 heavy (non-hydrogen) atoms. The summed E-state index contributed by atoms with van der Waals surface area (Å²) in [6.45, 7) is 9.87. The molecule has 1 aromatic heterocycles. The summed E-state index contributed by atoms with van der Waals surface area (Å²) in [4.78, 5) is 0. The smallest absolute Gasteiger partial charge is 0.0809 e. The Hall–Kier alpha value is -1.12. The monoisotopic (exact) mass is 221 g/mol. The predicted octanol–water partition coefficient (Wildman–Crippen LogP) is 3.38. The highest BCUT2D eigenvalue weighted by Crippen LogP contribution is 2.16. The van der Waals surface area contributed by atoms with Gasteiger partial charge in [0.2, 0.25) is 0 Å². The lowest BCUT2D eigenvalue weighted by Gasteiger charge is -2.14. The first-order chi connectivity index (χ1) is 7.65. The molecule has 0 saturated heterocycles. The van der Waals surface area contributed by atoms with E-state index >= 15 is 0 Å². The van der Waals surface area contributed by atoms with Crippen molar-refractivity contribution in [2.45, 2.75) is 47.1 Å². The molecule has 0 aliphatic heterocycles. The van der Waals surface area contributed by atoms with Gasteiger partial charge < -0.3 is 0 Å². The van der Waals surface area contributed by atoms with Crippen LogP contribution < -0.4 is 0 Å². The molecule has 0 aromatic carbocycles. The Balaban J connectivity index is 2.40. The second-order valence-corrected chi connectivity index (χ2v) is 4.75. The normalized spacial score (nSPS) is 13.8. The number of aromatic nitrogens is 3. The predicted molar refractivity (Wildman–Crippen MR) is 68.0 cm³/mol. The summed E-state index contributed by atoms with van der Waals surface area (Å²) >= 11 is 0. The molecule has 0 N–H and O–H groups in total. The highest BCUT2D eigenvalue weighted by Gasteiger charge is 2.07. The SMILES string of the molecule is C/C=C/c1cnnn1CCCC(C)C(C)C. The Morgan fingerprint density at radius 2 is 2.12 bits per heavy atom. The van der Waals surface area contributed by atoms with Gasteiger partial charge in [-0.15, -0.1) is 5.10 Å². The molecule has 0 saturated carbocycles. The van der Waals surface area contributed by atoms with Crippen LogP contribution in [-0.2, 0) is 6.54 Å². The van der Waals surface area contributed by atoms with Crippen LogP contribution in [0.1, 0.15) is 46.2 Å². The molecule has 1 heterocycles. The summed E-state index contributed by atoms with van der Waals surface area (Å²) in [6, 6.07) is 0. The topological polar surface area (TPSA) is 30.7 Å². The molecule has 0 aliphatic rings. The van der Waals surface area contributed by atoms with Crippen molar-refractivity contribution >= 4 is 6.08 Å². The van der Waals surface area contributed by atoms with Gasteiger partial charge in [0.25, 0.3) is 0 Å². The van der Waals surface area contributed by atoms with Crippen molar-refractivity contribution in [2.75, 3.05) is 0 Å². The lowest BCUT2D eigenvalue weighted by Crippen LogP contribution is -2.08. The molecular formula is C13H23N3. The van der Waals surface area contributed by atoms with Crippen LogP contribution >= 0.6 is 0 Å². The van der Waals surface area contributed by atoms with Crippen LogP contribution in [0.15, 0.2) is 12.3 Å². The van der Waals surface area contributed by atoms with Crippen LogP contribution in [-0.4, -0.2) is 15.0 Å². The van der Waals surface area contributed by atoms with Gasteiger partial charge in [0.05, 0.1) is 11.9 Å². The average molecular weight is 221 g/mol. The average Bonchev–Trinajstić information content (AvgIpc) is 2.66. The maximum atomic E-state index is 4.09. The third kappa shape index (κ3) is 3.80. The van der Waals surface area contributed by atoms with E-state index in [9.17, 15) is 0 Å². The van der Waals surface area contributed by atoms with Gasteiger partial charge >= 0.3 is 0 Å². The summed E-state index contributed by atoms with van der Waals surface area (Å²) in [5.41, 5.74) is 1.10. The second kappa shape index (κ2) is 6.46. The van der Waals surface area contributed by atoms with Gasteiger partial charge in [-0.2, -0.15) is 0 Å². The van der Waals surface area contributed by atoms with E-state index in [0.29, 0.717) is 0 Å². The van der Waals surface area contributed by atoms with Gasteiger partial charge in [0.1, 0.15) is 0 Å². The number of aryl methyl sites for hydroxylation is 1. The van der Waals surface area contributed by atoms with E-state index in [4.69, 9.17) is 0 Å². The Labute approximate surface area is 98.6 Å². The van der Waals surface area contributed by atoms with Crippen LogP contribution in [0.2, 0.25) is 0 Å². The molecule has 0 bridgehead atoms. The van der Waals surface area contributed by atoms with Crippen molar-refractivity contribution in [1.82, 2.24) is 15.0 Å². The van der Waals surface area contributed by atoms with E-state index in [1.165, 1.54) is 12.8 Å². The van der Waals surface area contributed by atoms with Gasteiger partial charge in [-0.3, -0.25) is 0 Å². The van der Waals surface area contributed by atoms with Crippen LogP contribution in [0.25, 0.3) is 6.08 Å². The number of rotatable bonds is 6. The minimum Gasteiger partial charge on any atom is -0.245 e. The maximum absolute atomic E-state index is 4.09. The van der Waals surface area contributed by atoms with Crippen molar-refractivity contribution in [3.8, 4) is 0 Å². The first kappa shape index (κ1) is 12.9. The molecule has 90 valence electrons. The number of allylic oxidation sites excluding steroid dienone is 1. The molecule has 0 amide bonds. The molecule has 3 heteroatoms. The van der Waals surface area contributed by atoms with Gasteiger partial charge in [-0.05, 0) is 37.7 Å². The Kier molecular flexibility index (Phi) is 5.23. The van der Waals surface area contributed by atoms with Crippen molar-refractivity contribution in [3.05, 3.63) is 18.0 Å². The summed E-state index contributed by atoms with van der Waals surface area (Å²) in [7, 11) is 0. The number of hydrogen-bond donors (Lipinski definition) is 0. The Morgan fingerprint density at radius 1 is 1.38 bits per heavy atom. The number of nitrogens with zero attached hydrogens (tertiary/aromatic N) is 3. The molecule has 1 aromatic rings. The summed E-state index contributed by atoms with van der Waals surface area (Å²) in [5.74, 6) is 1.56. The van der Waals surface area contributed by atoms with Crippen molar-refractivity contribution in [1.29, 1.82) is 0 Å². The molecule has 0 fully saturated rings. The van der Waals surface area contributed by atoms with Crippen molar-refractivity contribution < 1.29 is 0 Å². The molecule has 1 atom stereocenters. The number of hydrogen-bond acceptors (Lipinski definition) is 2. The van der Waals surface area contributed by atoms with Gasteiger partial charge in [-0.1, -0.05) is 32.1 Å². The summed E-state index contributed by atoms with van der Waals surface area (Å²) in [5, 5.41) is 8.03. The zero-order valence-electron chi connectivity index (χ0n) is 10.8. The first-order valence-corrected chi connectivity index (χ1v) is 6.16. The summed E-state index contributed by atoms with van der Waals surface area (Å²) < 4.78 is 1.98. The van der Waals surface area contributed by atoms with Crippen LogP contribution in [0.3, 0.4) is 0 Å². The fourth-order valence-electron chi connectivity index (χ4n) is 1.64. The molecule has 0 radical (unpaired) electrons. The van der Waals surface area contributed by atoms with E-state index in [0.717, 1.165) is 24.1 Å². The molecule has 1 unspecified atom stereocenters. The summed E-state index contributed by atoms with van der Waals surface area (Å²) in [6.07, 6.45) is 8.31. The maximum Gasteiger partial charge on any atom is 0.0809 e. The van der Waals surface area contributed by atoms with Gasteiger partial charge in [0.15, 0.2) is 0 Å². The molecule has 1 rings (SSSR count). The lowest BCUT2D eigenvalue weighted by molar-refractivity contribution is 0.366. The first-order valence-electron chi connectivity index (χ1n) is 6.16. The van der Waals surface area contributed by atoms with E-state index in [-0.39, 0.29) is 0 Å². The molecule has 3 nitrogen and oxygen atoms in total. The second-order valence-electron chi connectivity index (χ2n) is 4.75. The van der Waals surface area contributed by atoms with Crippen LogP contribution in [0, 0.1) is 11.8 Å². The lowest BCUT2D eigenvalue weighted by atomic mass is 9.93.